The highest BCUT2D eigenvalue weighted by Crippen LogP contribution is 2.39. The summed E-state index contributed by atoms with van der Waals surface area (Å²) in [6.07, 6.45) is 5.83. The number of likely N-dealkylation sites (tertiary alicyclic amines) is 1. The third kappa shape index (κ3) is 10.1. The summed E-state index contributed by atoms with van der Waals surface area (Å²) in [5.41, 5.74) is 2.57. The van der Waals surface area contributed by atoms with E-state index in [0.29, 0.717) is 24.8 Å². The maximum absolute atomic E-state index is 14.2. The lowest BCUT2D eigenvalue weighted by atomic mass is 9.72. The van der Waals surface area contributed by atoms with E-state index in [9.17, 15) is 23.1 Å². The summed E-state index contributed by atoms with van der Waals surface area (Å²) >= 11 is 0. The van der Waals surface area contributed by atoms with Gasteiger partial charge in [0.15, 0.2) is 9.84 Å². The van der Waals surface area contributed by atoms with Gasteiger partial charge in [0, 0.05) is 31.4 Å². The molecule has 0 bridgehead atoms. The molecule has 1 aliphatic carbocycles. The number of amides is 2. The van der Waals surface area contributed by atoms with Crippen molar-refractivity contribution >= 4 is 21.7 Å². The largest absolute Gasteiger partial charge is 0.390 e. The summed E-state index contributed by atoms with van der Waals surface area (Å²) in [7, 11) is -3.68. The molecule has 1 heterocycles. The molecule has 0 aromatic heterocycles. The van der Waals surface area contributed by atoms with Crippen LogP contribution < -0.4 is 16.0 Å². The van der Waals surface area contributed by atoms with Crippen molar-refractivity contribution in [3.05, 3.63) is 71.3 Å². The van der Waals surface area contributed by atoms with Gasteiger partial charge in [-0.1, -0.05) is 79.4 Å². The average molecular weight is 683 g/mol. The Balaban J connectivity index is 1.60. The van der Waals surface area contributed by atoms with Crippen LogP contribution in [-0.2, 0) is 32.4 Å². The maximum Gasteiger partial charge on any atom is 0.239 e. The lowest BCUT2D eigenvalue weighted by Gasteiger charge is -2.47. The number of aliphatic hydroxyl groups is 1. The number of sulfone groups is 1. The Labute approximate surface area is 288 Å². The molecular weight excluding hydrogens is 625 g/mol. The van der Waals surface area contributed by atoms with Crippen LogP contribution in [0.3, 0.4) is 0 Å². The number of rotatable bonds is 13. The van der Waals surface area contributed by atoms with Crippen molar-refractivity contribution in [1.29, 1.82) is 0 Å². The van der Waals surface area contributed by atoms with Crippen LogP contribution >= 0.6 is 0 Å². The third-order valence-corrected chi connectivity index (χ3v) is 12.5. The quantitative estimate of drug-likeness (QED) is 0.250. The first-order valence-corrected chi connectivity index (χ1v) is 19.4. The van der Waals surface area contributed by atoms with Crippen molar-refractivity contribution in [3.8, 4) is 0 Å². The Bertz CT molecular complexity index is 1470. The van der Waals surface area contributed by atoms with E-state index < -0.39 is 38.7 Å². The number of hydrogen-bond donors (Lipinski definition) is 4. The van der Waals surface area contributed by atoms with Crippen LogP contribution in [0.15, 0.2) is 54.6 Å². The second-order valence-electron chi connectivity index (χ2n) is 15.8. The van der Waals surface area contributed by atoms with Crippen molar-refractivity contribution < 1.29 is 23.1 Å². The van der Waals surface area contributed by atoms with Crippen LogP contribution in [0.4, 0.5) is 0 Å². The van der Waals surface area contributed by atoms with Crippen molar-refractivity contribution in [1.82, 2.24) is 20.9 Å². The second-order valence-corrected chi connectivity index (χ2v) is 18.4. The molecule has 6 atom stereocenters. The predicted octanol–water partition coefficient (Wildman–Crippen LogP) is 4.16. The van der Waals surface area contributed by atoms with E-state index in [1.165, 1.54) is 12.8 Å². The standard InChI is InChI=1S/C38H58N4O5S/c1-26-17-19-28(20-18-26)23-39-34(38(5,6)48(7,46)47)36(45)40-31(21-27-13-9-8-10-14-27)33(43)25-42-24-30-16-12-11-15-29(30)22-32(42)35(44)41-37(2,3)4/h8-10,13-14,17-20,29-34,39,43H,11-12,15-16,21-25H2,1-7H3,(H,40,45)(H,41,44)/t29-,30+,31?,32?,33?,34+/m0/s1. The number of aryl methyl sites for hydroxylation is 1. The van der Waals surface area contributed by atoms with E-state index in [-0.39, 0.29) is 24.0 Å². The minimum absolute atomic E-state index is 0.0300. The van der Waals surface area contributed by atoms with Gasteiger partial charge < -0.3 is 21.1 Å². The molecule has 2 fully saturated rings. The minimum atomic E-state index is -3.68. The summed E-state index contributed by atoms with van der Waals surface area (Å²) in [6, 6.07) is 15.3. The summed E-state index contributed by atoms with van der Waals surface area (Å²) in [5.74, 6) is 0.433. The van der Waals surface area contributed by atoms with E-state index in [4.69, 9.17) is 0 Å². The molecule has 0 radical (unpaired) electrons. The fraction of sp³-hybridized carbons (Fsp3) is 0.632. The Morgan fingerprint density at radius 1 is 0.938 bits per heavy atom. The molecule has 1 saturated heterocycles. The van der Waals surface area contributed by atoms with Crippen LogP contribution in [0.25, 0.3) is 0 Å². The van der Waals surface area contributed by atoms with Gasteiger partial charge >= 0.3 is 0 Å². The van der Waals surface area contributed by atoms with Gasteiger partial charge in [-0.15, -0.1) is 0 Å². The Morgan fingerprint density at radius 3 is 2.17 bits per heavy atom. The molecule has 10 heteroatoms. The zero-order chi connectivity index (χ0) is 35.3. The molecular formula is C38H58N4O5S. The number of benzene rings is 2. The van der Waals surface area contributed by atoms with Crippen molar-refractivity contribution in [2.45, 2.75) is 121 Å². The van der Waals surface area contributed by atoms with Gasteiger partial charge in [-0.2, -0.15) is 0 Å². The molecule has 4 N–H and O–H groups in total. The highest BCUT2D eigenvalue weighted by atomic mass is 32.2. The average Bonchev–Trinajstić information content (AvgIpc) is 3.00. The van der Waals surface area contributed by atoms with Gasteiger partial charge in [0.1, 0.15) is 6.04 Å². The van der Waals surface area contributed by atoms with E-state index in [1.54, 1.807) is 13.8 Å². The molecule has 2 aromatic carbocycles. The molecule has 2 aliphatic rings. The zero-order valence-electron chi connectivity index (χ0n) is 30.0. The molecule has 2 amide bonds. The first-order chi connectivity index (χ1) is 22.4. The second kappa shape index (κ2) is 15.8. The SMILES string of the molecule is Cc1ccc(CN[C@H](C(=O)NC(Cc2ccccc2)C(O)CN2C[C@H]3CCCC[C@H]3CC2C(=O)NC(C)(C)C)C(C)(C)S(C)(=O)=O)cc1. The van der Waals surface area contributed by atoms with Crippen LogP contribution in [-0.4, -0.2) is 84.1 Å². The molecule has 1 saturated carbocycles. The van der Waals surface area contributed by atoms with Gasteiger partial charge in [0.2, 0.25) is 11.8 Å². The number of aliphatic hydroxyl groups excluding tert-OH is 1. The number of nitrogens with zero attached hydrogens (tertiary/aromatic N) is 1. The van der Waals surface area contributed by atoms with Crippen LogP contribution in [0.2, 0.25) is 0 Å². The number of piperidine rings is 1. The Morgan fingerprint density at radius 2 is 1.56 bits per heavy atom. The number of carbonyl (C=O) groups excluding carboxylic acids is 2. The number of β-amino-alcohol motifs (C(OH)–C–C–N with tert-alkyl or cyclic N) is 1. The lowest BCUT2D eigenvalue weighted by Crippen LogP contribution is -2.63. The smallest absolute Gasteiger partial charge is 0.239 e. The summed E-state index contributed by atoms with van der Waals surface area (Å²) in [4.78, 5) is 30.0. The van der Waals surface area contributed by atoms with Crippen molar-refractivity contribution in [2.24, 2.45) is 11.8 Å². The summed E-state index contributed by atoms with van der Waals surface area (Å²) in [5, 5.41) is 21.4. The van der Waals surface area contributed by atoms with E-state index in [0.717, 1.165) is 48.8 Å². The zero-order valence-corrected chi connectivity index (χ0v) is 30.8. The molecule has 1 aliphatic heterocycles. The number of nitrogens with one attached hydrogen (secondary N) is 3. The lowest BCUT2D eigenvalue weighted by molar-refractivity contribution is -0.133. The highest BCUT2D eigenvalue weighted by molar-refractivity contribution is 7.92. The van der Waals surface area contributed by atoms with Crippen LogP contribution in [0.5, 0.6) is 0 Å². The Hall–Kier alpha value is -2.79. The van der Waals surface area contributed by atoms with Gasteiger partial charge in [-0.25, -0.2) is 8.42 Å². The number of carbonyl (C=O) groups is 2. The monoisotopic (exact) mass is 682 g/mol. The normalized spacial score (nSPS) is 22.6. The van der Waals surface area contributed by atoms with Crippen molar-refractivity contribution in [3.63, 3.8) is 0 Å². The third-order valence-electron chi connectivity index (χ3n) is 10.4. The molecule has 0 spiro atoms. The van der Waals surface area contributed by atoms with Crippen LogP contribution in [0.1, 0.15) is 83.4 Å². The molecule has 9 nitrogen and oxygen atoms in total. The fourth-order valence-electron chi connectivity index (χ4n) is 7.21. The molecule has 266 valence electrons. The summed E-state index contributed by atoms with van der Waals surface area (Å²) < 4.78 is 24.6. The first-order valence-electron chi connectivity index (χ1n) is 17.5. The fourth-order valence-corrected chi connectivity index (χ4v) is 7.82. The van der Waals surface area contributed by atoms with Gasteiger partial charge in [-0.3, -0.25) is 14.5 Å². The predicted molar refractivity (Wildman–Crippen MR) is 192 cm³/mol. The van der Waals surface area contributed by atoms with Gasteiger partial charge in [-0.05, 0) is 83.8 Å². The van der Waals surface area contributed by atoms with Gasteiger partial charge in [0.05, 0.1) is 22.9 Å². The highest BCUT2D eigenvalue weighted by Gasteiger charge is 2.45. The summed E-state index contributed by atoms with van der Waals surface area (Å²) in [6.45, 7) is 12.3. The molecule has 48 heavy (non-hydrogen) atoms. The number of hydrogen-bond acceptors (Lipinski definition) is 7. The maximum atomic E-state index is 14.2. The number of fused-ring (bicyclic) bond motifs is 1. The minimum Gasteiger partial charge on any atom is -0.390 e. The van der Waals surface area contributed by atoms with E-state index >= 15 is 0 Å². The van der Waals surface area contributed by atoms with Gasteiger partial charge in [0.25, 0.3) is 0 Å². The molecule has 3 unspecified atom stereocenters. The molecule has 4 rings (SSSR count). The molecule has 2 aromatic rings. The van der Waals surface area contributed by atoms with Crippen LogP contribution in [0, 0.1) is 18.8 Å². The topological polar surface area (TPSA) is 128 Å². The van der Waals surface area contributed by atoms with E-state index in [1.807, 2.05) is 82.3 Å². The Kier molecular flexibility index (Phi) is 12.5. The van der Waals surface area contributed by atoms with E-state index in [2.05, 4.69) is 20.9 Å². The first kappa shape index (κ1) is 38.0. The van der Waals surface area contributed by atoms with Crippen molar-refractivity contribution in [2.75, 3.05) is 19.3 Å².